The molecule has 0 saturated heterocycles. The van der Waals surface area contributed by atoms with Gasteiger partial charge >= 0.3 is 0 Å². The first-order chi connectivity index (χ1) is 8.31. The van der Waals surface area contributed by atoms with E-state index in [1.807, 2.05) is 30.3 Å². The molecule has 0 aliphatic heterocycles. The Bertz CT molecular complexity index is 465. The lowest BCUT2D eigenvalue weighted by Crippen LogP contribution is -2.13. The maximum absolute atomic E-state index is 6.24. The first-order valence-electron chi connectivity index (χ1n) is 5.84. The zero-order valence-electron chi connectivity index (χ0n) is 9.87. The van der Waals surface area contributed by atoms with Crippen molar-refractivity contribution in [2.45, 2.75) is 19.9 Å². The van der Waals surface area contributed by atoms with Crippen LogP contribution < -0.4 is 5.32 Å². The maximum Gasteiger partial charge on any atom is 0.133 e. The van der Waals surface area contributed by atoms with Crippen molar-refractivity contribution in [1.82, 2.24) is 5.32 Å². The molecule has 0 atom stereocenters. The molecule has 2 rings (SSSR count). The lowest BCUT2D eigenvalue weighted by molar-refractivity contribution is 0.582. The van der Waals surface area contributed by atoms with Crippen molar-refractivity contribution in [2.24, 2.45) is 0 Å². The molecule has 17 heavy (non-hydrogen) atoms. The molecule has 3 heteroatoms. The third kappa shape index (κ3) is 3.11. The Labute approximate surface area is 107 Å². The highest BCUT2D eigenvalue weighted by Crippen LogP contribution is 2.25. The minimum atomic E-state index is 0.780. The van der Waals surface area contributed by atoms with Crippen molar-refractivity contribution in [2.75, 3.05) is 6.54 Å². The topological polar surface area (TPSA) is 25.2 Å². The molecular weight excluding hydrogens is 234 g/mol. The van der Waals surface area contributed by atoms with E-state index in [9.17, 15) is 0 Å². The van der Waals surface area contributed by atoms with Crippen LogP contribution in [0.25, 0.3) is 11.3 Å². The minimum absolute atomic E-state index is 0.780. The molecular formula is C14H16ClNO. The zero-order chi connectivity index (χ0) is 12.1. The van der Waals surface area contributed by atoms with Gasteiger partial charge in [0.1, 0.15) is 5.76 Å². The van der Waals surface area contributed by atoms with Gasteiger partial charge in [0.25, 0.3) is 0 Å². The summed E-state index contributed by atoms with van der Waals surface area (Å²) < 4.78 is 5.34. The smallest absolute Gasteiger partial charge is 0.133 e. The molecule has 1 aromatic heterocycles. The van der Waals surface area contributed by atoms with Gasteiger partial charge in [-0.1, -0.05) is 30.7 Å². The van der Waals surface area contributed by atoms with Crippen molar-refractivity contribution >= 4 is 11.6 Å². The Morgan fingerprint density at radius 1 is 1.29 bits per heavy atom. The van der Waals surface area contributed by atoms with E-state index in [-0.39, 0.29) is 0 Å². The number of furan rings is 1. The number of hydrogen-bond acceptors (Lipinski definition) is 2. The Balaban J connectivity index is 2.12. The molecule has 0 radical (unpaired) electrons. The van der Waals surface area contributed by atoms with Crippen LogP contribution in [-0.2, 0) is 6.54 Å². The quantitative estimate of drug-likeness (QED) is 0.807. The minimum Gasteiger partial charge on any atom is -0.464 e. The predicted molar refractivity (Wildman–Crippen MR) is 71.2 cm³/mol. The van der Waals surface area contributed by atoms with E-state index >= 15 is 0 Å². The molecule has 1 heterocycles. The molecule has 1 aromatic carbocycles. The van der Waals surface area contributed by atoms with Crippen LogP contribution >= 0.6 is 11.6 Å². The summed E-state index contributed by atoms with van der Waals surface area (Å²) in [6.07, 6.45) is 2.79. The van der Waals surface area contributed by atoms with E-state index in [0.717, 1.165) is 41.4 Å². The van der Waals surface area contributed by atoms with Crippen molar-refractivity contribution in [3.05, 3.63) is 47.2 Å². The monoisotopic (exact) mass is 249 g/mol. The molecule has 0 saturated carbocycles. The predicted octanol–water partition coefficient (Wildman–Crippen LogP) is 4.10. The summed E-state index contributed by atoms with van der Waals surface area (Å²) in [5.41, 5.74) is 2.13. The van der Waals surface area contributed by atoms with E-state index in [2.05, 4.69) is 12.2 Å². The van der Waals surface area contributed by atoms with Crippen LogP contribution in [0.3, 0.4) is 0 Å². The van der Waals surface area contributed by atoms with Gasteiger partial charge in [-0.2, -0.15) is 0 Å². The Morgan fingerprint density at radius 3 is 2.82 bits per heavy atom. The van der Waals surface area contributed by atoms with Crippen LogP contribution in [0, 0.1) is 0 Å². The number of benzene rings is 1. The van der Waals surface area contributed by atoms with Crippen molar-refractivity contribution in [1.29, 1.82) is 0 Å². The van der Waals surface area contributed by atoms with Gasteiger partial charge in [-0.3, -0.25) is 0 Å². The number of nitrogens with one attached hydrogen (secondary N) is 1. The summed E-state index contributed by atoms with van der Waals surface area (Å²) in [4.78, 5) is 0. The molecule has 0 unspecified atom stereocenters. The highest BCUT2D eigenvalue weighted by molar-refractivity contribution is 6.31. The van der Waals surface area contributed by atoms with Crippen LogP contribution in [0.15, 0.2) is 41.0 Å². The van der Waals surface area contributed by atoms with Gasteiger partial charge in [0.2, 0.25) is 0 Å². The standard InChI is InChI=1S/C14H16ClNO/c1-2-7-16-10-12-6-5-11(9-13(12)15)14-4-3-8-17-14/h3-6,8-9,16H,2,7,10H2,1H3. The summed E-state index contributed by atoms with van der Waals surface area (Å²) in [7, 11) is 0. The normalized spacial score (nSPS) is 10.7. The molecule has 0 amide bonds. The molecule has 2 nitrogen and oxygen atoms in total. The fourth-order valence-corrected chi connectivity index (χ4v) is 1.93. The number of halogens is 1. The van der Waals surface area contributed by atoms with Gasteiger partial charge in [-0.25, -0.2) is 0 Å². The fraction of sp³-hybridized carbons (Fsp3) is 0.286. The van der Waals surface area contributed by atoms with Crippen LogP contribution in [0.2, 0.25) is 5.02 Å². The van der Waals surface area contributed by atoms with Crippen molar-refractivity contribution < 1.29 is 4.42 Å². The second-order valence-electron chi connectivity index (χ2n) is 3.96. The molecule has 1 N–H and O–H groups in total. The second kappa shape index (κ2) is 5.89. The molecule has 0 bridgehead atoms. The van der Waals surface area contributed by atoms with E-state index in [0.29, 0.717) is 0 Å². The Morgan fingerprint density at radius 2 is 2.18 bits per heavy atom. The number of rotatable bonds is 5. The van der Waals surface area contributed by atoms with Crippen LogP contribution in [0.1, 0.15) is 18.9 Å². The van der Waals surface area contributed by atoms with Gasteiger partial charge in [-0.05, 0) is 36.7 Å². The van der Waals surface area contributed by atoms with Crippen LogP contribution in [0.4, 0.5) is 0 Å². The highest BCUT2D eigenvalue weighted by atomic mass is 35.5. The summed E-state index contributed by atoms with van der Waals surface area (Å²) in [6.45, 7) is 3.97. The first kappa shape index (κ1) is 12.2. The molecule has 0 fully saturated rings. The highest BCUT2D eigenvalue weighted by Gasteiger charge is 2.05. The number of hydrogen-bond donors (Lipinski definition) is 1. The van der Waals surface area contributed by atoms with E-state index < -0.39 is 0 Å². The largest absolute Gasteiger partial charge is 0.464 e. The van der Waals surface area contributed by atoms with Crippen LogP contribution in [0.5, 0.6) is 0 Å². The summed E-state index contributed by atoms with van der Waals surface area (Å²) >= 11 is 6.24. The molecule has 0 spiro atoms. The molecule has 0 aliphatic rings. The average Bonchev–Trinajstić information content (AvgIpc) is 2.85. The van der Waals surface area contributed by atoms with Gasteiger partial charge in [0.05, 0.1) is 6.26 Å². The zero-order valence-corrected chi connectivity index (χ0v) is 10.6. The third-order valence-corrected chi connectivity index (χ3v) is 2.95. The lowest BCUT2D eigenvalue weighted by atomic mass is 10.1. The van der Waals surface area contributed by atoms with Crippen LogP contribution in [-0.4, -0.2) is 6.54 Å². The average molecular weight is 250 g/mol. The third-order valence-electron chi connectivity index (χ3n) is 2.60. The maximum atomic E-state index is 6.24. The van der Waals surface area contributed by atoms with E-state index in [1.54, 1.807) is 6.26 Å². The van der Waals surface area contributed by atoms with E-state index in [1.165, 1.54) is 0 Å². The second-order valence-corrected chi connectivity index (χ2v) is 4.37. The fourth-order valence-electron chi connectivity index (χ4n) is 1.69. The molecule has 2 aromatic rings. The Hall–Kier alpha value is -1.25. The first-order valence-corrected chi connectivity index (χ1v) is 6.22. The Kier molecular flexibility index (Phi) is 4.24. The summed E-state index contributed by atoms with van der Waals surface area (Å²) in [5, 5.41) is 4.12. The summed E-state index contributed by atoms with van der Waals surface area (Å²) in [6, 6.07) is 9.83. The SMILES string of the molecule is CCCNCc1ccc(-c2ccco2)cc1Cl. The van der Waals surface area contributed by atoms with E-state index in [4.69, 9.17) is 16.0 Å². The van der Waals surface area contributed by atoms with Gasteiger partial charge in [0, 0.05) is 17.1 Å². The van der Waals surface area contributed by atoms with Gasteiger partial charge in [0.15, 0.2) is 0 Å². The van der Waals surface area contributed by atoms with Crippen molar-refractivity contribution in [3.63, 3.8) is 0 Å². The lowest BCUT2D eigenvalue weighted by Gasteiger charge is -2.07. The molecule has 0 aliphatic carbocycles. The van der Waals surface area contributed by atoms with Gasteiger partial charge < -0.3 is 9.73 Å². The van der Waals surface area contributed by atoms with Crippen molar-refractivity contribution in [3.8, 4) is 11.3 Å². The summed E-state index contributed by atoms with van der Waals surface area (Å²) in [5.74, 6) is 0.847. The van der Waals surface area contributed by atoms with Gasteiger partial charge in [-0.15, -0.1) is 0 Å². The molecule has 90 valence electrons.